The molecule has 0 spiro atoms. The van der Waals surface area contributed by atoms with Gasteiger partial charge in [0.1, 0.15) is 36.7 Å². The molecule has 1 saturated heterocycles. The number of anilines is 1. The van der Waals surface area contributed by atoms with Crippen molar-refractivity contribution in [1.82, 2.24) is 9.47 Å². The predicted octanol–water partition coefficient (Wildman–Crippen LogP) is 5.60. The average molecular weight is 537 g/mol. The zero-order valence-electron chi connectivity index (χ0n) is 22.7. The topological polar surface area (TPSA) is 71.7 Å². The third kappa shape index (κ3) is 5.74. The summed E-state index contributed by atoms with van der Waals surface area (Å²) in [6, 6.07) is 16.1. The number of ether oxygens (including phenoxy) is 3. The van der Waals surface area contributed by atoms with Crippen LogP contribution in [0.25, 0.3) is 10.9 Å². The van der Waals surface area contributed by atoms with Crippen LogP contribution in [0.4, 0.5) is 10.1 Å². The van der Waals surface area contributed by atoms with Gasteiger partial charge in [-0.25, -0.2) is 4.39 Å². The van der Waals surface area contributed by atoms with Gasteiger partial charge in [0, 0.05) is 50.5 Å². The van der Waals surface area contributed by atoms with Gasteiger partial charge in [0.2, 0.25) is 0 Å². The monoisotopic (exact) mass is 536 g/mol. The molecule has 1 aromatic heterocycles. The standard InChI is InChI=1S/C29H37FN4O3Si/c1-20-17-33(10-11-36-20)27-18-37-28-14-21(30)8-9-23(28)29(27)32-25-6-5-7-26-24(25)15-22(16-31)34(26)19-35-12-13-38(2,3)4/h5-9,14-15,20,27,29,32H,10-13,17-19H2,1-4H3/t20-,27+,29+/m1/s1. The fourth-order valence-corrected chi connectivity index (χ4v) is 6.11. The van der Waals surface area contributed by atoms with Crippen molar-refractivity contribution >= 4 is 24.7 Å². The fourth-order valence-electron chi connectivity index (χ4n) is 5.35. The quantitative estimate of drug-likeness (QED) is 0.299. The summed E-state index contributed by atoms with van der Waals surface area (Å²) in [6.45, 7) is 12.8. The minimum absolute atomic E-state index is 0.0389. The molecule has 202 valence electrons. The van der Waals surface area contributed by atoms with Crippen molar-refractivity contribution in [2.24, 2.45) is 0 Å². The molecule has 1 N–H and O–H groups in total. The fraction of sp³-hybridized carbons (Fsp3) is 0.483. The molecule has 9 heteroatoms. The summed E-state index contributed by atoms with van der Waals surface area (Å²) in [4.78, 5) is 2.40. The Morgan fingerprint density at radius 2 is 2.05 bits per heavy atom. The van der Waals surface area contributed by atoms with Crippen LogP contribution in [0, 0.1) is 17.1 Å². The highest BCUT2D eigenvalue weighted by Gasteiger charge is 2.37. The third-order valence-electron chi connectivity index (χ3n) is 7.43. The van der Waals surface area contributed by atoms with Crippen LogP contribution >= 0.6 is 0 Å². The Labute approximate surface area is 225 Å². The van der Waals surface area contributed by atoms with Crippen molar-refractivity contribution in [3.63, 3.8) is 0 Å². The molecule has 0 saturated carbocycles. The van der Waals surface area contributed by atoms with Gasteiger partial charge in [-0.3, -0.25) is 4.90 Å². The van der Waals surface area contributed by atoms with E-state index >= 15 is 0 Å². The van der Waals surface area contributed by atoms with Crippen LogP contribution in [-0.2, 0) is 16.2 Å². The second kappa shape index (κ2) is 11.1. The van der Waals surface area contributed by atoms with E-state index in [0.29, 0.717) is 38.0 Å². The molecule has 0 aliphatic carbocycles. The van der Waals surface area contributed by atoms with Gasteiger partial charge in [-0.05, 0) is 37.2 Å². The number of hydrogen-bond donors (Lipinski definition) is 1. The molecule has 3 heterocycles. The summed E-state index contributed by atoms with van der Waals surface area (Å²) in [5.41, 5.74) is 3.36. The molecule has 3 aromatic rings. The third-order valence-corrected chi connectivity index (χ3v) is 9.14. The van der Waals surface area contributed by atoms with Crippen LogP contribution in [0.1, 0.15) is 24.2 Å². The van der Waals surface area contributed by atoms with Gasteiger partial charge in [-0.15, -0.1) is 0 Å². The normalized spacial score (nSPS) is 22.1. The van der Waals surface area contributed by atoms with Gasteiger partial charge in [0.25, 0.3) is 0 Å². The zero-order chi connectivity index (χ0) is 26.9. The molecule has 5 rings (SSSR count). The number of rotatable bonds is 8. The lowest BCUT2D eigenvalue weighted by atomic mass is 9.93. The van der Waals surface area contributed by atoms with Crippen molar-refractivity contribution in [2.45, 2.75) is 57.5 Å². The maximum atomic E-state index is 14.1. The van der Waals surface area contributed by atoms with Crippen LogP contribution in [-0.4, -0.2) is 62.6 Å². The van der Waals surface area contributed by atoms with E-state index in [1.807, 2.05) is 34.9 Å². The highest BCUT2D eigenvalue weighted by atomic mass is 28.3. The zero-order valence-corrected chi connectivity index (χ0v) is 23.7. The second-order valence-corrected chi connectivity index (χ2v) is 17.1. The van der Waals surface area contributed by atoms with Crippen molar-refractivity contribution < 1.29 is 18.6 Å². The number of nitrogens with one attached hydrogen (secondary N) is 1. The Morgan fingerprint density at radius 1 is 1.21 bits per heavy atom. The number of hydrogen-bond acceptors (Lipinski definition) is 6. The molecule has 0 radical (unpaired) electrons. The molecule has 7 nitrogen and oxygen atoms in total. The van der Waals surface area contributed by atoms with Gasteiger partial charge in [0.15, 0.2) is 0 Å². The summed E-state index contributed by atoms with van der Waals surface area (Å²) in [6.07, 6.45) is 0.135. The second-order valence-electron chi connectivity index (χ2n) is 11.5. The van der Waals surface area contributed by atoms with E-state index in [1.54, 1.807) is 0 Å². The Hall–Kier alpha value is -2.90. The summed E-state index contributed by atoms with van der Waals surface area (Å²) >= 11 is 0. The first kappa shape index (κ1) is 26.7. The highest BCUT2D eigenvalue weighted by molar-refractivity contribution is 6.76. The first-order chi connectivity index (χ1) is 18.2. The van der Waals surface area contributed by atoms with Crippen LogP contribution in [0.3, 0.4) is 0 Å². The maximum absolute atomic E-state index is 14.1. The first-order valence-corrected chi connectivity index (χ1v) is 17.1. The molecule has 0 bridgehead atoms. The first-order valence-electron chi connectivity index (χ1n) is 13.4. The maximum Gasteiger partial charge on any atom is 0.127 e. The van der Waals surface area contributed by atoms with Gasteiger partial charge in [-0.2, -0.15) is 5.26 Å². The van der Waals surface area contributed by atoms with Gasteiger partial charge < -0.3 is 24.1 Å². The number of aromatic nitrogens is 1. The summed E-state index contributed by atoms with van der Waals surface area (Å²) in [5, 5.41) is 14.6. The molecule has 2 aliphatic heterocycles. The largest absolute Gasteiger partial charge is 0.491 e. The highest BCUT2D eigenvalue weighted by Crippen LogP contribution is 2.39. The molecule has 2 aromatic carbocycles. The van der Waals surface area contributed by atoms with E-state index in [9.17, 15) is 9.65 Å². The number of nitriles is 1. The number of fused-ring (bicyclic) bond motifs is 2. The Morgan fingerprint density at radius 3 is 2.82 bits per heavy atom. The smallest absolute Gasteiger partial charge is 0.127 e. The van der Waals surface area contributed by atoms with E-state index < -0.39 is 8.07 Å². The minimum Gasteiger partial charge on any atom is -0.491 e. The molecule has 0 amide bonds. The Balaban J connectivity index is 1.47. The van der Waals surface area contributed by atoms with Crippen LogP contribution < -0.4 is 10.1 Å². The molecular formula is C29H37FN4O3Si. The lowest BCUT2D eigenvalue weighted by molar-refractivity contribution is -0.0465. The summed E-state index contributed by atoms with van der Waals surface area (Å²) in [7, 11) is -1.20. The SMILES string of the molecule is C[C@@H]1CN([C@H]2COc3cc(F)ccc3[C@@H]2Nc2cccc3c2cc(C#N)n3COCC[Si](C)(C)C)CCO1. The number of morpholine rings is 1. The van der Waals surface area contributed by atoms with E-state index in [4.69, 9.17) is 14.2 Å². The summed E-state index contributed by atoms with van der Waals surface area (Å²) in [5.74, 6) is 0.256. The number of nitrogens with zero attached hydrogens (tertiary/aromatic N) is 3. The van der Waals surface area contributed by atoms with E-state index in [2.05, 4.69) is 42.9 Å². The van der Waals surface area contributed by atoms with Gasteiger partial charge in [0.05, 0.1) is 30.3 Å². The number of benzene rings is 2. The van der Waals surface area contributed by atoms with E-state index in [1.165, 1.54) is 12.1 Å². The molecule has 0 unspecified atom stereocenters. The predicted molar refractivity (Wildman–Crippen MR) is 150 cm³/mol. The van der Waals surface area contributed by atoms with E-state index in [-0.39, 0.29) is 24.0 Å². The molecule has 3 atom stereocenters. The molecule has 1 fully saturated rings. The molecule has 38 heavy (non-hydrogen) atoms. The van der Waals surface area contributed by atoms with Gasteiger partial charge in [-0.1, -0.05) is 31.8 Å². The van der Waals surface area contributed by atoms with Crippen molar-refractivity contribution in [3.8, 4) is 11.8 Å². The average Bonchev–Trinajstić information content (AvgIpc) is 3.24. The lowest BCUT2D eigenvalue weighted by Gasteiger charge is -2.44. The van der Waals surface area contributed by atoms with Crippen molar-refractivity contribution in [3.05, 3.63) is 59.5 Å². The Bertz CT molecular complexity index is 1330. The van der Waals surface area contributed by atoms with Crippen LogP contribution in [0.2, 0.25) is 25.7 Å². The molecule has 2 aliphatic rings. The van der Waals surface area contributed by atoms with E-state index in [0.717, 1.165) is 41.3 Å². The number of halogens is 1. The lowest BCUT2D eigenvalue weighted by Crippen LogP contribution is -2.54. The van der Waals surface area contributed by atoms with Gasteiger partial charge >= 0.3 is 0 Å². The van der Waals surface area contributed by atoms with Crippen LogP contribution in [0.15, 0.2) is 42.5 Å². The van der Waals surface area contributed by atoms with Crippen molar-refractivity contribution in [2.75, 3.05) is 38.2 Å². The van der Waals surface area contributed by atoms with Crippen LogP contribution in [0.5, 0.6) is 5.75 Å². The minimum atomic E-state index is -1.20. The summed E-state index contributed by atoms with van der Waals surface area (Å²) < 4.78 is 33.9. The molecular weight excluding hydrogens is 499 g/mol. The van der Waals surface area contributed by atoms with Crippen molar-refractivity contribution in [1.29, 1.82) is 5.26 Å². The Kier molecular flexibility index (Phi) is 7.77.